The quantitative estimate of drug-likeness (QED) is 0.0195. The maximum atomic E-state index is 12.8. The van der Waals surface area contributed by atoms with Crippen LogP contribution in [0.25, 0.3) is 0 Å². The molecule has 0 N–H and O–H groups in total. The molecule has 0 aliphatic heterocycles. The molecule has 2 atom stereocenters. The van der Waals surface area contributed by atoms with Crippen molar-refractivity contribution in [3.63, 3.8) is 0 Å². The van der Waals surface area contributed by atoms with Crippen molar-refractivity contribution in [3.05, 3.63) is 109 Å². The Bertz CT molecular complexity index is 1460. The first-order chi connectivity index (χ1) is 32.6. The van der Waals surface area contributed by atoms with Crippen molar-refractivity contribution in [3.8, 4) is 0 Å². The summed E-state index contributed by atoms with van der Waals surface area (Å²) in [4.78, 5) is 37.1. The molecule has 0 aromatic rings. The van der Waals surface area contributed by atoms with E-state index in [1.807, 2.05) is 27.2 Å². The Morgan fingerprint density at radius 1 is 0.463 bits per heavy atom. The van der Waals surface area contributed by atoms with Crippen LogP contribution in [0.1, 0.15) is 181 Å². The van der Waals surface area contributed by atoms with E-state index in [2.05, 4.69) is 117 Å². The molecule has 0 aromatic heterocycles. The second-order valence-electron chi connectivity index (χ2n) is 18.1. The van der Waals surface area contributed by atoms with Gasteiger partial charge in [-0.1, -0.05) is 200 Å². The molecule has 0 radical (unpaired) electrons. The van der Waals surface area contributed by atoms with Crippen molar-refractivity contribution in [2.24, 2.45) is 0 Å². The van der Waals surface area contributed by atoms with Crippen molar-refractivity contribution in [2.45, 2.75) is 193 Å². The van der Waals surface area contributed by atoms with E-state index >= 15 is 0 Å². The summed E-state index contributed by atoms with van der Waals surface area (Å²) in [6, 6.07) is 0. The smallest absolute Gasteiger partial charge is 0.306 e. The summed E-state index contributed by atoms with van der Waals surface area (Å²) >= 11 is 0. The number of nitrogens with zero attached hydrogens (tertiary/aromatic N) is 1. The average Bonchev–Trinajstić information content (AvgIpc) is 3.29. The lowest BCUT2D eigenvalue weighted by Crippen LogP contribution is -2.44. The summed E-state index contributed by atoms with van der Waals surface area (Å²) < 4.78 is 22.5. The van der Waals surface area contributed by atoms with Gasteiger partial charge in [0.2, 0.25) is 0 Å². The van der Waals surface area contributed by atoms with Crippen molar-refractivity contribution in [2.75, 3.05) is 47.5 Å². The number of carboxylic acids is 1. The fraction of sp³-hybridized carbons (Fsp3) is 0.638. The van der Waals surface area contributed by atoms with E-state index in [9.17, 15) is 19.5 Å². The number of hydrogen-bond acceptors (Lipinski definition) is 8. The van der Waals surface area contributed by atoms with E-state index in [1.54, 1.807) is 0 Å². The highest BCUT2D eigenvalue weighted by Crippen LogP contribution is 2.14. The Labute approximate surface area is 409 Å². The Morgan fingerprint density at radius 3 is 1.25 bits per heavy atom. The van der Waals surface area contributed by atoms with Crippen LogP contribution in [-0.4, -0.2) is 82.3 Å². The lowest BCUT2D eigenvalue weighted by atomic mass is 10.0. The lowest BCUT2D eigenvalue weighted by molar-refractivity contribution is -0.870. The standard InChI is InChI=1S/C58H95NO8/c1-6-8-10-12-14-16-18-20-21-22-23-24-25-26-27-28-29-30-31-32-33-34-35-37-39-41-43-45-47-49-56(61)67-54(53-66-58(57(62)63)64-51-50-59(3,4)5)52-65-55(60)48-46-44-42-40-38-36-19-17-15-13-11-9-7-2/h8,10,14,16,20-21,23-24,26-27,29-30,32-33,35,37,41,43,54,58H,6-7,9,11-13,15,17-19,22,25,28,31,34,36,38-40,42,44-53H2,1-5H3/b10-8-,16-14-,21-20-,24-23-,27-26-,30-29-,33-32-,37-35-,43-41-. The second kappa shape index (κ2) is 48.4. The zero-order chi connectivity index (χ0) is 49.2. The predicted molar refractivity (Wildman–Crippen MR) is 278 cm³/mol. The molecule has 0 saturated heterocycles. The number of carbonyl (C=O) groups excluding carboxylic acids is 3. The first kappa shape index (κ1) is 63.0. The summed E-state index contributed by atoms with van der Waals surface area (Å²) in [5.41, 5.74) is 0. The highest BCUT2D eigenvalue weighted by Gasteiger charge is 2.21. The largest absolute Gasteiger partial charge is 0.545 e. The van der Waals surface area contributed by atoms with Crippen LogP contribution >= 0.6 is 0 Å². The third-order valence-corrected chi connectivity index (χ3v) is 10.5. The van der Waals surface area contributed by atoms with E-state index in [0.717, 1.165) is 77.0 Å². The van der Waals surface area contributed by atoms with Gasteiger partial charge in [0.25, 0.3) is 0 Å². The van der Waals surface area contributed by atoms with Crippen LogP contribution in [-0.2, 0) is 33.3 Å². The van der Waals surface area contributed by atoms with Crippen LogP contribution in [0.5, 0.6) is 0 Å². The summed E-state index contributed by atoms with van der Waals surface area (Å²) in [6.07, 6.45) is 62.8. The number of likely N-dealkylation sites (N-methyl/N-ethyl adjacent to an activating group) is 1. The SMILES string of the molecule is CC/C=C\C/C=C\C/C=C\C/C=C\C/C=C\C/C=C\C/C=C\C/C=C\C/C=C\CCCC(=O)OC(COC(=O)CCCCCCCCCCCCCCC)COC(OCC[N+](C)(C)C)C(=O)[O-]. The van der Waals surface area contributed by atoms with E-state index in [4.69, 9.17) is 18.9 Å². The molecule has 0 amide bonds. The van der Waals surface area contributed by atoms with E-state index in [1.165, 1.54) is 64.2 Å². The number of rotatable bonds is 46. The Morgan fingerprint density at radius 2 is 0.851 bits per heavy atom. The Balaban J connectivity index is 4.44. The van der Waals surface area contributed by atoms with Gasteiger partial charge in [-0.25, -0.2) is 0 Å². The number of aliphatic carboxylic acids is 1. The first-order valence-electron chi connectivity index (χ1n) is 26.0. The molecule has 0 aliphatic carbocycles. The Kier molecular flexibility index (Phi) is 45.5. The normalized spacial score (nSPS) is 13.7. The minimum absolute atomic E-state index is 0.132. The molecule has 0 fully saturated rings. The van der Waals surface area contributed by atoms with Gasteiger partial charge in [-0.3, -0.25) is 9.59 Å². The minimum Gasteiger partial charge on any atom is -0.545 e. The molecule has 0 rings (SSSR count). The first-order valence-corrected chi connectivity index (χ1v) is 26.0. The fourth-order valence-electron chi connectivity index (χ4n) is 6.54. The Hall–Kier alpha value is -4.05. The number of quaternary nitrogens is 1. The van der Waals surface area contributed by atoms with Gasteiger partial charge in [0, 0.05) is 12.8 Å². The fourth-order valence-corrected chi connectivity index (χ4v) is 6.54. The van der Waals surface area contributed by atoms with Gasteiger partial charge in [-0.2, -0.15) is 0 Å². The number of hydrogen-bond donors (Lipinski definition) is 0. The molecule has 380 valence electrons. The van der Waals surface area contributed by atoms with E-state index in [0.29, 0.717) is 23.9 Å². The van der Waals surface area contributed by atoms with Crippen molar-refractivity contribution >= 4 is 17.9 Å². The van der Waals surface area contributed by atoms with Gasteiger partial charge in [-0.05, 0) is 77.0 Å². The van der Waals surface area contributed by atoms with Gasteiger partial charge in [0.05, 0.1) is 40.3 Å². The molecule has 67 heavy (non-hydrogen) atoms. The highest BCUT2D eigenvalue weighted by atomic mass is 16.7. The van der Waals surface area contributed by atoms with Crippen LogP contribution in [0, 0.1) is 0 Å². The van der Waals surface area contributed by atoms with Gasteiger partial charge >= 0.3 is 11.9 Å². The summed E-state index contributed by atoms with van der Waals surface area (Å²) in [5, 5.41) is 11.7. The maximum Gasteiger partial charge on any atom is 0.306 e. The van der Waals surface area contributed by atoms with Crippen molar-refractivity contribution in [1.82, 2.24) is 0 Å². The molecule has 0 aromatic carbocycles. The molecular formula is C58H95NO8. The molecule has 9 heteroatoms. The summed E-state index contributed by atoms with van der Waals surface area (Å²) in [5.74, 6) is -2.38. The van der Waals surface area contributed by atoms with Crippen LogP contribution < -0.4 is 5.11 Å². The summed E-state index contributed by atoms with van der Waals surface area (Å²) in [6.45, 7) is 4.54. The van der Waals surface area contributed by atoms with Crippen LogP contribution in [0.15, 0.2) is 109 Å². The maximum absolute atomic E-state index is 12.8. The molecular weight excluding hydrogens is 839 g/mol. The number of unbranched alkanes of at least 4 members (excludes halogenated alkanes) is 13. The molecule has 0 bridgehead atoms. The zero-order valence-corrected chi connectivity index (χ0v) is 43.0. The van der Waals surface area contributed by atoms with Crippen molar-refractivity contribution < 1.29 is 42.9 Å². The number of ether oxygens (including phenoxy) is 4. The van der Waals surface area contributed by atoms with Gasteiger partial charge in [0.15, 0.2) is 12.4 Å². The molecule has 0 heterocycles. The third-order valence-electron chi connectivity index (χ3n) is 10.5. The van der Waals surface area contributed by atoms with Crippen molar-refractivity contribution in [1.29, 1.82) is 0 Å². The monoisotopic (exact) mass is 934 g/mol. The summed E-state index contributed by atoms with van der Waals surface area (Å²) in [7, 11) is 5.88. The number of carboxylic acid groups (broad SMARTS) is 1. The van der Waals surface area contributed by atoms with Gasteiger partial charge < -0.3 is 33.3 Å². The second-order valence-corrected chi connectivity index (χ2v) is 18.1. The van der Waals surface area contributed by atoms with Crippen LogP contribution in [0.3, 0.4) is 0 Å². The third kappa shape index (κ3) is 49.7. The number of carbonyl (C=O) groups is 3. The average molecular weight is 934 g/mol. The minimum atomic E-state index is -1.64. The van der Waals surface area contributed by atoms with E-state index < -0.39 is 24.3 Å². The topological polar surface area (TPSA) is 111 Å². The molecule has 0 spiro atoms. The molecule has 2 unspecified atom stereocenters. The van der Waals surface area contributed by atoms with Gasteiger partial charge in [-0.15, -0.1) is 0 Å². The van der Waals surface area contributed by atoms with Gasteiger partial charge in [0.1, 0.15) is 13.2 Å². The van der Waals surface area contributed by atoms with Crippen LogP contribution in [0.2, 0.25) is 0 Å². The molecule has 0 saturated carbocycles. The zero-order valence-electron chi connectivity index (χ0n) is 43.0. The number of esters is 2. The van der Waals surface area contributed by atoms with Crippen LogP contribution in [0.4, 0.5) is 0 Å². The number of allylic oxidation sites excluding steroid dienone is 18. The molecule has 0 aliphatic rings. The molecule has 9 nitrogen and oxygen atoms in total. The predicted octanol–water partition coefficient (Wildman–Crippen LogP) is 13.4. The lowest BCUT2D eigenvalue weighted by Gasteiger charge is -2.26. The van der Waals surface area contributed by atoms with E-state index in [-0.39, 0.29) is 38.6 Å². The highest BCUT2D eigenvalue weighted by molar-refractivity contribution is 5.70.